The van der Waals surface area contributed by atoms with E-state index < -0.39 is 29.7 Å². The SMILES string of the molecule is CC(C)(C)OC(=O)N1[C@@H]2CC[C@@H](C2)[C@H]1C(=O)N[C@@H](Cc1ccc(C2=CCN(Cc3ccccc3)CC2)cc1)C(N)=O. The van der Waals surface area contributed by atoms with Gasteiger partial charge in [0.05, 0.1) is 0 Å². The Bertz CT molecular complexity index is 1280. The maximum absolute atomic E-state index is 13.4. The first kappa shape index (κ1) is 28.9. The highest BCUT2D eigenvalue weighted by Crippen LogP contribution is 2.43. The van der Waals surface area contributed by atoms with Crippen LogP contribution < -0.4 is 11.1 Å². The van der Waals surface area contributed by atoms with Gasteiger partial charge in [-0.05, 0) is 74.6 Å². The summed E-state index contributed by atoms with van der Waals surface area (Å²) in [6.45, 7) is 8.30. The smallest absolute Gasteiger partial charge is 0.411 e. The number of nitrogens with one attached hydrogen (secondary N) is 1. The Labute approximate surface area is 242 Å². The molecule has 1 aliphatic carbocycles. The number of hydrogen-bond donors (Lipinski definition) is 2. The zero-order chi connectivity index (χ0) is 29.1. The molecule has 3 amide bonds. The van der Waals surface area contributed by atoms with E-state index >= 15 is 0 Å². The van der Waals surface area contributed by atoms with Crippen LogP contribution in [0.1, 0.15) is 63.1 Å². The molecule has 0 unspecified atom stereocenters. The highest BCUT2D eigenvalue weighted by molar-refractivity contribution is 5.91. The van der Waals surface area contributed by atoms with Crippen molar-refractivity contribution in [3.8, 4) is 0 Å². The first-order valence-corrected chi connectivity index (χ1v) is 14.7. The second kappa shape index (κ2) is 12.1. The molecule has 2 aromatic carbocycles. The molecule has 2 aromatic rings. The van der Waals surface area contributed by atoms with Crippen LogP contribution in [-0.2, 0) is 27.3 Å². The fourth-order valence-electron chi connectivity index (χ4n) is 6.43. The molecule has 1 saturated heterocycles. The van der Waals surface area contributed by atoms with Gasteiger partial charge in [0.2, 0.25) is 11.8 Å². The number of nitrogens with two attached hydrogens (primary N) is 1. The van der Waals surface area contributed by atoms with Gasteiger partial charge in [0, 0.05) is 32.1 Å². The fourth-order valence-corrected chi connectivity index (χ4v) is 6.43. The summed E-state index contributed by atoms with van der Waals surface area (Å²) in [4.78, 5) is 42.8. The minimum atomic E-state index is -0.867. The van der Waals surface area contributed by atoms with Gasteiger partial charge in [0.25, 0.3) is 0 Å². The van der Waals surface area contributed by atoms with Crippen LogP contribution in [-0.4, -0.2) is 64.5 Å². The maximum atomic E-state index is 13.4. The van der Waals surface area contributed by atoms with Gasteiger partial charge in [-0.3, -0.25) is 19.4 Å². The third-order valence-corrected chi connectivity index (χ3v) is 8.42. The molecule has 2 bridgehead atoms. The fraction of sp³-hybridized carbons (Fsp3) is 0.485. The number of carbonyl (C=O) groups excluding carboxylic acids is 3. The van der Waals surface area contributed by atoms with Gasteiger partial charge in [-0.1, -0.05) is 60.7 Å². The summed E-state index contributed by atoms with van der Waals surface area (Å²) in [5.74, 6) is -0.869. The van der Waals surface area contributed by atoms with E-state index in [1.807, 2.05) is 39.0 Å². The molecule has 218 valence electrons. The average Bonchev–Trinajstić information content (AvgIpc) is 3.55. The normalized spacial score (nSPS) is 23.1. The topological polar surface area (TPSA) is 105 Å². The Morgan fingerprint density at radius 1 is 1.02 bits per heavy atom. The van der Waals surface area contributed by atoms with E-state index in [9.17, 15) is 14.4 Å². The van der Waals surface area contributed by atoms with E-state index in [1.165, 1.54) is 16.7 Å². The lowest BCUT2D eigenvalue weighted by Gasteiger charge is -2.36. The quantitative estimate of drug-likeness (QED) is 0.503. The van der Waals surface area contributed by atoms with E-state index in [2.05, 4.69) is 52.7 Å². The van der Waals surface area contributed by atoms with Gasteiger partial charge >= 0.3 is 6.09 Å². The molecule has 0 aromatic heterocycles. The van der Waals surface area contributed by atoms with Crippen molar-refractivity contribution in [2.75, 3.05) is 13.1 Å². The molecular weight excluding hydrogens is 516 g/mol. The molecule has 0 radical (unpaired) electrons. The second-order valence-electron chi connectivity index (χ2n) is 12.6. The number of fused-ring (bicyclic) bond motifs is 2. The number of piperidine rings is 1. The van der Waals surface area contributed by atoms with Crippen LogP contribution in [0.25, 0.3) is 5.57 Å². The first-order chi connectivity index (χ1) is 19.6. The van der Waals surface area contributed by atoms with E-state index in [0.717, 1.165) is 50.9 Å². The summed E-state index contributed by atoms with van der Waals surface area (Å²) in [5.41, 5.74) is 9.80. The molecule has 2 fully saturated rings. The van der Waals surface area contributed by atoms with Crippen molar-refractivity contribution in [1.29, 1.82) is 0 Å². The van der Waals surface area contributed by atoms with Crippen molar-refractivity contribution in [3.63, 3.8) is 0 Å². The molecule has 3 N–H and O–H groups in total. The predicted molar refractivity (Wildman–Crippen MR) is 159 cm³/mol. The molecular formula is C33H42N4O4. The second-order valence-corrected chi connectivity index (χ2v) is 12.6. The third kappa shape index (κ3) is 6.99. The lowest BCUT2D eigenvalue weighted by atomic mass is 9.95. The molecule has 3 aliphatic rings. The highest BCUT2D eigenvalue weighted by atomic mass is 16.6. The van der Waals surface area contributed by atoms with E-state index in [-0.39, 0.29) is 17.9 Å². The summed E-state index contributed by atoms with van der Waals surface area (Å²) in [5, 5.41) is 2.86. The number of carbonyl (C=O) groups is 3. The Kier molecular flexibility index (Phi) is 8.50. The van der Waals surface area contributed by atoms with Crippen LogP contribution in [0, 0.1) is 5.92 Å². The van der Waals surface area contributed by atoms with Crippen LogP contribution in [0.15, 0.2) is 60.7 Å². The standard InChI is InChI=1S/C33H42N4O4/c1-33(2,3)41-32(40)37-27-14-13-26(20-27)29(37)31(39)35-28(30(34)38)19-22-9-11-24(12-10-22)25-15-17-36(18-16-25)21-23-7-5-4-6-8-23/h4-12,15,26-29H,13-14,16-21H2,1-3H3,(H2,34,38)(H,35,39)/t26-,27+,28-,29-/m0/s1. The zero-order valence-corrected chi connectivity index (χ0v) is 24.3. The number of rotatable bonds is 8. The number of amides is 3. The van der Waals surface area contributed by atoms with Crippen molar-refractivity contribution >= 4 is 23.5 Å². The number of hydrogen-bond acceptors (Lipinski definition) is 5. The highest BCUT2D eigenvalue weighted by Gasteiger charge is 2.52. The molecule has 8 heteroatoms. The Morgan fingerprint density at radius 2 is 1.76 bits per heavy atom. The van der Waals surface area contributed by atoms with Crippen LogP contribution in [0.4, 0.5) is 4.79 Å². The van der Waals surface area contributed by atoms with Gasteiger partial charge in [-0.15, -0.1) is 0 Å². The van der Waals surface area contributed by atoms with Crippen molar-refractivity contribution in [3.05, 3.63) is 77.4 Å². The monoisotopic (exact) mass is 558 g/mol. The summed E-state index contributed by atoms with van der Waals surface area (Å²) in [7, 11) is 0. The van der Waals surface area contributed by atoms with Gasteiger partial charge in [-0.25, -0.2) is 4.79 Å². The van der Waals surface area contributed by atoms with Crippen LogP contribution in [0.5, 0.6) is 0 Å². The minimum absolute atomic E-state index is 0.00955. The average molecular weight is 559 g/mol. The summed E-state index contributed by atoms with van der Waals surface area (Å²) < 4.78 is 5.60. The van der Waals surface area contributed by atoms with E-state index in [0.29, 0.717) is 6.42 Å². The lowest BCUT2D eigenvalue weighted by molar-refractivity contribution is -0.132. The van der Waals surface area contributed by atoms with Crippen molar-refractivity contribution in [2.45, 2.75) is 83.1 Å². The van der Waals surface area contributed by atoms with Crippen molar-refractivity contribution < 1.29 is 19.1 Å². The Balaban J connectivity index is 1.19. The maximum Gasteiger partial charge on any atom is 0.411 e. The van der Waals surface area contributed by atoms with Gasteiger partial charge in [-0.2, -0.15) is 0 Å². The van der Waals surface area contributed by atoms with Crippen molar-refractivity contribution in [1.82, 2.24) is 15.1 Å². The van der Waals surface area contributed by atoms with Gasteiger partial charge < -0.3 is 15.8 Å². The predicted octanol–water partition coefficient (Wildman–Crippen LogP) is 4.28. The van der Waals surface area contributed by atoms with Gasteiger partial charge in [0.1, 0.15) is 17.7 Å². The third-order valence-electron chi connectivity index (χ3n) is 8.42. The van der Waals surface area contributed by atoms with Crippen LogP contribution in [0.3, 0.4) is 0 Å². The minimum Gasteiger partial charge on any atom is -0.444 e. The zero-order valence-electron chi connectivity index (χ0n) is 24.3. The molecule has 2 aliphatic heterocycles. The molecule has 2 heterocycles. The van der Waals surface area contributed by atoms with E-state index in [1.54, 1.807) is 4.90 Å². The van der Waals surface area contributed by atoms with Crippen molar-refractivity contribution in [2.24, 2.45) is 11.7 Å². The van der Waals surface area contributed by atoms with Crippen LogP contribution in [0.2, 0.25) is 0 Å². The lowest BCUT2D eigenvalue weighted by Crippen LogP contribution is -2.57. The molecule has 8 nitrogen and oxygen atoms in total. The molecule has 5 rings (SSSR count). The Morgan fingerprint density at radius 3 is 2.39 bits per heavy atom. The Hall–Kier alpha value is -3.65. The number of benzene rings is 2. The summed E-state index contributed by atoms with van der Waals surface area (Å²) in [6, 6.07) is 17.1. The molecule has 4 atom stereocenters. The number of likely N-dealkylation sites (tertiary alicyclic amines) is 1. The van der Waals surface area contributed by atoms with E-state index in [4.69, 9.17) is 10.5 Å². The largest absolute Gasteiger partial charge is 0.444 e. The summed E-state index contributed by atoms with van der Waals surface area (Å²) >= 11 is 0. The first-order valence-electron chi connectivity index (χ1n) is 14.7. The van der Waals surface area contributed by atoms with Gasteiger partial charge in [0.15, 0.2) is 0 Å². The molecule has 0 spiro atoms. The van der Waals surface area contributed by atoms with Crippen LogP contribution >= 0.6 is 0 Å². The number of nitrogens with zero attached hydrogens (tertiary/aromatic N) is 2. The number of ether oxygens (including phenoxy) is 1. The molecule has 41 heavy (non-hydrogen) atoms. The summed E-state index contributed by atoms with van der Waals surface area (Å²) in [6.07, 6.45) is 5.60. The molecule has 1 saturated carbocycles. The number of primary amides is 1.